The Morgan fingerprint density at radius 2 is 1.26 bits per heavy atom. The molecule has 0 spiro atoms. The van der Waals surface area contributed by atoms with Gasteiger partial charge in [-0.2, -0.15) is 0 Å². The second kappa shape index (κ2) is 13.0. The Bertz CT molecular complexity index is 234. The molecule has 116 valence electrons. The summed E-state index contributed by atoms with van der Waals surface area (Å²) in [4.78, 5) is 0. The molecule has 0 saturated carbocycles. The molecule has 0 unspecified atom stereocenters. The molecule has 0 atom stereocenters. The van der Waals surface area contributed by atoms with Gasteiger partial charge in [0, 0.05) is 0 Å². The molecule has 0 radical (unpaired) electrons. The van der Waals surface area contributed by atoms with E-state index in [1.807, 2.05) is 0 Å². The first-order valence-corrected chi connectivity index (χ1v) is 8.88. The van der Waals surface area contributed by atoms with Gasteiger partial charge in [0.25, 0.3) is 0 Å². The van der Waals surface area contributed by atoms with Crippen molar-refractivity contribution in [2.24, 2.45) is 0 Å². The predicted octanol–water partition coefficient (Wildman–Crippen LogP) is 3.99. The molecule has 0 rings (SSSR count). The molecule has 7 heteroatoms. The van der Waals surface area contributed by atoms with Gasteiger partial charge in [0.05, 0.1) is 6.61 Å². The van der Waals surface area contributed by atoms with E-state index in [1.54, 1.807) is 0 Å². The zero-order valence-corrected chi connectivity index (χ0v) is 12.8. The van der Waals surface area contributed by atoms with Crippen molar-refractivity contribution in [3.63, 3.8) is 0 Å². The van der Waals surface area contributed by atoms with Gasteiger partial charge < -0.3 is 14.9 Å². The first-order valence-electron chi connectivity index (χ1n) is 7.26. The summed E-state index contributed by atoms with van der Waals surface area (Å²) in [6.45, 7) is 2.47. The van der Waals surface area contributed by atoms with Crippen molar-refractivity contribution in [3.8, 4) is 0 Å². The first-order chi connectivity index (χ1) is 9.18. The zero-order chi connectivity index (χ0) is 14.4. The molecule has 0 saturated heterocycles. The standard InChI is InChI=1S/C12H29N2O4P/c1-2-3-4-5-6-7-8-9-10-11-12-18-19(17,13-15)14-16/h15-16H,2-12H2,1H3,(H2,13,14,17). The molecular weight excluding hydrogens is 267 g/mol. The van der Waals surface area contributed by atoms with Crippen LogP contribution in [0.5, 0.6) is 0 Å². The number of rotatable bonds is 14. The predicted molar refractivity (Wildman–Crippen MR) is 75.2 cm³/mol. The molecule has 0 amide bonds. The number of hydrogen-bond donors (Lipinski definition) is 4. The minimum absolute atomic E-state index is 0.245. The molecule has 0 aromatic rings. The summed E-state index contributed by atoms with van der Waals surface area (Å²) in [7, 11) is -3.65. The van der Waals surface area contributed by atoms with E-state index >= 15 is 0 Å². The fourth-order valence-electron chi connectivity index (χ4n) is 1.86. The maximum Gasteiger partial charge on any atom is 0.386 e. The highest BCUT2D eigenvalue weighted by Crippen LogP contribution is 2.35. The lowest BCUT2D eigenvalue weighted by atomic mass is 10.1. The summed E-state index contributed by atoms with van der Waals surface area (Å²) in [5, 5.41) is 19.8. The SMILES string of the molecule is CCCCCCCCCCCCOP(=O)(NO)NO. The van der Waals surface area contributed by atoms with E-state index in [1.165, 1.54) is 55.4 Å². The maximum absolute atomic E-state index is 11.3. The Hall–Kier alpha value is 0.0300. The van der Waals surface area contributed by atoms with Crippen LogP contribution in [0.4, 0.5) is 0 Å². The second-order valence-electron chi connectivity index (χ2n) is 4.77. The largest absolute Gasteiger partial charge is 0.386 e. The molecule has 0 heterocycles. The van der Waals surface area contributed by atoms with E-state index in [0.717, 1.165) is 19.3 Å². The van der Waals surface area contributed by atoms with Crippen LogP contribution in [-0.2, 0) is 9.09 Å². The minimum atomic E-state index is -3.65. The zero-order valence-electron chi connectivity index (χ0n) is 11.9. The fourth-order valence-corrected chi connectivity index (χ4v) is 2.41. The van der Waals surface area contributed by atoms with Gasteiger partial charge >= 0.3 is 7.67 Å². The Labute approximate surface area is 116 Å². The summed E-state index contributed by atoms with van der Waals surface area (Å²) in [6, 6.07) is 0. The van der Waals surface area contributed by atoms with Gasteiger partial charge in [0.2, 0.25) is 0 Å². The van der Waals surface area contributed by atoms with E-state index < -0.39 is 7.67 Å². The van der Waals surface area contributed by atoms with Crippen LogP contribution in [0.15, 0.2) is 0 Å². The smallest absolute Gasteiger partial charge is 0.307 e. The lowest BCUT2D eigenvalue weighted by Crippen LogP contribution is -2.19. The van der Waals surface area contributed by atoms with Crippen LogP contribution < -0.4 is 10.5 Å². The summed E-state index contributed by atoms with van der Waals surface area (Å²) in [5.41, 5.74) is 0. The molecule has 0 aromatic heterocycles. The molecule has 0 fully saturated rings. The highest BCUT2D eigenvalue weighted by Gasteiger charge is 2.19. The number of nitrogens with one attached hydrogen (secondary N) is 2. The van der Waals surface area contributed by atoms with Crippen LogP contribution in [-0.4, -0.2) is 17.0 Å². The van der Waals surface area contributed by atoms with Crippen LogP contribution in [0.2, 0.25) is 0 Å². The molecule has 0 aromatic carbocycles. The molecule has 6 nitrogen and oxygen atoms in total. The van der Waals surface area contributed by atoms with Crippen LogP contribution in [0.3, 0.4) is 0 Å². The average Bonchev–Trinajstić information content (AvgIpc) is 2.44. The van der Waals surface area contributed by atoms with Crippen LogP contribution in [0.1, 0.15) is 71.1 Å². The third-order valence-corrected chi connectivity index (χ3v) is 4.11. The highest BCUT2D eigenvalue weighted by molar-refractivity contribution is 7.54. The number of unbranched alkanes of at least 4 members (excludes halogenated alkanes) is 9. The number of hydrogen-bond acceptors (Lipinski definition) is 4. The van der Waals surface area contributed by atoms with Gasteiger partial charge in [-0.25, -0.2) is 0 Å². The average molecular weight is 296 g/mol. The van der Waals surface area contributed by atoms with Crippen molar-refractivity contribution in [3.05, 3.63) is 0 Å². The van der Waals surface area contributed by atoms with Crippen molar-refractivity contribution in [1.29, 1.82) is 0 Å². The van der Waals surface area contributed by atoms with E-state index in [2.05, 4.69) is 6.92 Å². The Morgan fingerprint density at radius 3 is 1.68 bits per heavy atom. The lowest BCUT2D eigenvalue weighted by Gasteiger charge is -2.13. The monoisotopic (exact) mass is 296 g/mol. The third-order valence-electron chi connectivity index (χ3n) is 3.03. The van der Waals surface area contributed by atoms with Crippen molar-refractivity contribution >= 4 is 7.67 Å². The molecular formula is C12H29N2O4P. The summed E-state index contributed by atoms with van der Waals surface area (Å²) >= 11 is 0. The molecule has 0 aliphatic heterocycles. The van der Waals surface area contributed by atoms with Gasteiger partial charge in [-0.3, -0.25) is 4.57 Å². The quantitative estimate of drug-likeness (QED) is 0.220. The van der Waals surface area contributed by atoms with Crippen LogP contribution in [0.25, 0.3) is 0 Å². The summed E-state index contributed by atoms with van der Waals surface area (Å²) < 4.78 is 16.1. The van der Waals surface area contributed by atoms with E-state index in [9.17, 15) is 4.57 Å². The van der Waals surface area contributed by atoms with Crippen LogP contribution >= 0.6 is 7.67 Å². The Kier molecular flexibility index (Phi) is 13.1. The molecule has 19 heavy (non-hydrogen) atoms. The summed E-state index contributed by atoms with van der Waals surface area (Å²) in [6.07, 6.45) is 12.0. The Balaban J connectivity index is 3.21. The fraction of sp³-hybridized carbons (Fsp3) is 1.00. The van der Waals surface area contributed by atoms with Gasteiger partial charge in [-0.1, -0.05) is 64.7 Å². The van der Waals surface area contributed by atoms with E-state index in [-0.39, 0.29) is 6.61 Å². The van der Waals surface area contributed by atoms with Gasteiger partial charge in [-0.05, 0) is 6.42 Å². The maximum atomic E-state index is 11.3. The minimum Gasteiger partial charge on any atom is -0.307 e. The van der Waals surface area contributed by atoms with Crippen molar-refractivity contribution in [2.75, 3.05) is 6.61 Å². The molecule has 4 N–H and O–H groups in total. The summed E-state index contributed by atoms with van der Waals surface area (Å²) in [5.74, 6) is 0. The Morgan fingerprint density at radius 1 is 0.842 bits per heavy atom. The second-order valence-corrected chi connectivity index (χ2v) is 6.53. The van der Waals surface area contributed by atoms with Crippen LogP contribution in [0, 0.1) is 0 Å². The van der Waals surface area contributed by atoms with Gasteiger partial charge in [0.15, 0.2) is 0 Å². The topological polar surface area (TPSA) is 90.8 Å². The molecule has 0 aliphatic rings. The third kappa shape index (κ3) is 11.5. The van der Waals surface area contributed by atoms with Crippen molar-refractivity contribution in [1.82, 2.24) is 10.5 Å². The van der Waals surface area contributed by atoms with Gasteiger partial charge in [-0.15, -0.1) is 10.5 Å². The normalized spacial score (nSPS) is 11.9. The first kappa shape index (κ1) is 19.0. The molecule has 0 bridgehead atoms. The van der Waals surface area contributed by atoms with Crippen molar-refractivity contribution in [2.45, 2.75) is 71.1 Å². The van der Waals surface area contributed by atoms with E-state index in [4.69, 9.17) is 14.9 Å². The van der Waals surface area contributed by atoms with Crippen molar-refractivity contribution < 1.29 is 19.5 Å². The van der Waals surface area contributed by atoms with E-state index in [0.29, 0.717) is 0 Å². The lowest BCUT2D eigenvalue weighted by molar-refractivity contribution is 0.147. The highest BCUT2D eigenvalue weighted by atomic mass is 31.2. The molecule has 0 aliphatic carbocycles. The van der Waals surface area contributed by atoms with Gasteiger partial charge in [0.1, 0.15) is 0 Å².